The molecule has 2 amide bonds. The average Bonchev–Trinajstić information content (AvgIpc) is 3.34. The van der Waals surface area contributed by atoms with E-state index >= 15 is 0 Å². The molecule has 0 radical (unpaired) electrons. The van der Waals surface area contributed by atoms with Gasteiger partial charge in [0.2, 0.25) is 0 Å². The van der Waals surface area contributed by atoms with Gasteiger partial charge in [0.15, 0.2) is 0 Å². The molecule has 8 heteroatoms. The van der Waals surface area contributed by atoms with Crippen LogP contribution >= 0.6 is 0 Å². The van der Waals surface area contributed by atoms with Crippen molar-refractivity contribution in [3.8, 4) is 23.0 Å². The molecule has 170 valence electrons. The molecular formula is C25H24N2O6. The van der Waals surface area contributed by atoms with Gasteiger partial charge in [-0.15, -0.1) is 0 Å². The summed E-state index contributed by atoms with van der Waals surface area (Å²) >= 11 is 0. The van der Waals surface area contributed by atoms with Crippen molar-refractivity contribution in [1.29, 1.82) is 0 Å². The van der Waals surface area contributed by atoms with Gasteiger partial charge in [-0.1, -0.05) is 54.5 Å². The molecule has 4 rings (SSSR count). The van der Waals surface area contributed by atoms with Crippen molar-refractivity contribution < 1.29 is 29.0 Å². The fourth-order valence-electron chi connectivity index (χ4n) is 4.17. The van der Waals surface area contributed by atoms with Crippen molar-refractivity contribution in [2.45, 2.75) is 18.9 Å². The number of carbonyl (C=O) groups is 3. The van der Waals surface area contributed by atoms with Gasteiger partial charge in [0.1, 0.15) is 12.0 Å². The number of carboxylic acid groups (broad SMARTS) is 1. The lowest BCUT2D eigenvalue weighted by Gasteiger charge is -2.24. The number of ether oxygens (including phenoxy) is 2. The normalized spacial score (nSPS) is 20.7. The lowest BCUT2D eigenvalue weighted by molar-refractivity contribution is -0.148. The molecule has 1 saturated heterocycles. The number of carboxylic acids is 1. The molecule has 0 aromatic heterocycles. The highest BCUT2D eigenvalue weighted by molar-refractivity contribution is 5.94. The SMILES string of the molecule is CC1(C(=O)O)COCC1NC(=O)C#CCNC(=O)OCC1c2ccccc2-c2ccccc21. The van der Waals surface area contributed by atoms with Crippen LogP contribution in [0.15, 0.2) is 48.5 Å². The quantitative estimate of drug-likeness (QED) is 0.604. The summed E-state index contributed by atoms with van der Waals surface area (Å²) in [6.07, 6.45) is -0.630. The van der Waals surface area contributed by atoms with Gasteiger partial charge in [0.25, 0.3) is 5.91 Å². The molecule has 0 spiro atoms. The van der Waals surface area contributed by atoms with Gasteiger partial charge in [0.05, 0.1) is 25.8 Å². The standard InChI is InChI=1S/C25H24N2O6/c1-25(23(29)30)15-32-14-21(25)27-22(28)11-6-12-26-24(31)33-13-20-18-9-4-2-7-16(18)17-8-3-5-10-19(17)20/h2-5,7-10,20-21H,12-15H2,1H3,(H,26,31)(H,27,28)(H,29,30). The fourth-order valence-corrected chi connectivity index (χ4v) is 4.17. The molecule has 3 N–H and O–H groups in total. The summed E-state index contributed by atoms with van der Waals surface area (Å²) in [6, 6.07) is 15.4. The van der Waals surface area contributed by atoms with Crippen LogP contribution in [-0.2, 0) is 19.1 Å². The Labute approximate surface area is 191 Å². The van der Waals surface area contributed by atoms with Crippen molar-refractivity contribution in [2.75, 3.05) is 26.4 Å². The number of rotatable bonds is 5. The van der Waals surface area contributed by atoms with Gasteiger partial charge >= 0.3 is 12.1 Å². The van der Waals surface area contributed by atoms with Crippen LogP contribution in [-0.4, -0.2) is 55.5 Å². The second kappa shape index (κ2) is 9.35. The minimum Gasteiger partial charge on any atom is -0.481 e. The first kappa shape index (κ1) is 22.4. The predicted molar refractivity (Wildman–Crippen MR) is 119 cm³/mol. The maximum absolute atomic E-state index is 12.1. The van der Waals surface area contributed by atoms with Crippen LogP contribution in [0.2, 0.25) is 0 Å². The Balaban J connectivity index is 1.26. The number of hydrogen-bond donors (Lipinski definition) is 3. The Morgan fingerprint density at radius 1 is 1.12 bits per heavy atom. The van der Waals surface area contributed by atoms with Gasteiger partial charge in [-0.2, -0.15) is 0 Å². The highest BCUT2D eigenvalue weighted by Gasteiger charge is 2.47. The number of aliphatic carboxylic acids is 1. The number of benzene rings is 2. The van der Waals surface area contributed by atoms with Gasteiger partial charge in [-0.25, -0.2) is 4.79 Å². The molecule has 0 saturated carbocycles. The second-order valence-electron chi connectivity index (χ2n) is 8.24. The smallest absolute Gasteiger partial charge is 0.407 e. The molecule has 2 aromatic rings. The fraction of sp³-hybridized carbons (Fsp3) is 0.320. The van der Waals surface area contributed by atoms with E-state index in [1.165, 1.54) is 6.92 Å². The summed E-state index contributed by atoms with van der Waals surface area (Å²) in [4.78, 5) is 35.5. The highest BCUT2D eigenvalue weighted by Crippen LogP contribution is 2.44. The van der Waals surface area contributed by atoms with Crippen molar-refractivity contribution >= 4 is 18.0 Å². The van der Waals surface area contributed by atoms with Crippen LogP contribution < -0.4 is 10.6 Å². The van der Waals surface area contributed by atoms with Gasteiger partial charge in [-0.05, 0) is 35.1 Å². The highest BCUT2D eigenvalue weighted by atomic mass is 16.5. The molecule has 0 bridgehead atoms. The Morgan fingerprint density at radius 3 is 2.39 bits per heavy atom. The molecule has 1 aliphatic heterocycles. The van der Waals surface area contributed by atoms with Crippen LogP contribution in [0.4, 0.5) is 4.79 Å². The lowest BCUT2D eigenvalue weighted by Crippen LogP contribution is -2.49. The largest absolute Gasteiger partial charge is 0.481 e. The van der Waals surface area contributed by atoms with Crippen LogP contribution in [0.5, 0.6) is 0 Å². The number of carbonyl (C=O) groups excluding carboxylic acids is 2. The second-order valence-corrected chi connectivity index (χ2v) is 8.24. The third-order valence-corrected chi connectivity index (χ3v) is 6.12. The number of fused-ring (bicyclic) bond motifs is 3. The predicted octanol–water partition coefficient (Wildman–Crippen LogP) is 2.13. The number of amides is 2. The van der Waals surface area contributed by atoms with Crippen LogP contribution in [0.3, 0.4) is 0 Å². The number of alkyl carbamates (subject to hydrolysis) is 1. The number of nitrogens with one attached hydrogen (secondary N) is 2. The lowest BCUT2D eigenvalue weighted by atomic mass is 9.85. The number of hydrogen-bond acceptors (Lipinski definition) is 5. The van der Waals surface area contributed by atoms with E-state index in [4.69, 9.17) is 9.47 Å². The summed E-state index contributed by atoms with van der Waals surface area (Å²) in [7, 11) is 0. The van der Waals surface area contributed by atoms with E-state index in [2.05, 4.69) is 34.6 Å². The molecular weight excluding hydrogens is 424 g/mol. The molecule has 1 fully saturated rings. The Morgan fingerprint density at radius 2 is 1.76 bits per heavy atom. The zero-order valence-corrected chi connectivity index (χ0v) is 18.1. The van der Waals surface area contributed by atoms with Crippen molar-refractivity contribution in [3.05, 3.63) is 59.7 Å². The Bertz CT molecular complexity index is 1110. The Kier molecular flexibility index (Phi) is 6.33. The third kappa shape index (κ3) is 4.54. The summed E-state index contributed by atoms with van der Waals surface area (Å²) in [5, 5.41) is 14.4. The monoisotopic (exact) mass is 448 g/mol. The first-order valence-corrected chi connectivity index (χ1v) is 10.6. The van der Waals surface area contributed by atoms with E-state index in [-0.39, 0.29) is 32.3 Å². The molecule has 2 unspecified atom stereocenters. The first-order valence-electron chi connectivity index (χ1n) is 10.6. The summed E-state index contributed by atoms with van der Waals surface area (Å²) in [5.41, 5.74) is 3.33. The average molecular weight is 448 g/mol. The van der Waals surface area contributed by atoms with Crippen molar-refractivity contribution in [1.82, 2.24) is 10.6 Å². The zero-order chi connectivity index (χ0) is 23.4. The topological polar surface area (TPSA) is 114 Å². The summed E-state index contributed by atoms with van der Waals surface area (Å²) in [5.74, 6) is 3.17. The molecule has 8 nitrogen and oxygen atoms in total. The van der Waals surface area contributed by atoms with Crippen molar-refractivity contribution in [3.63, 3.8) is 0 Å². The van der Waals surface area contributed by atoms with Gasteiger partial charge in [0, 0.05) is 5.92 Å². The molecule has 2 aromatic carbocycles. The van der Waals surface area contributed by atoms with E-state index in [1.54, 1.807) is 0 Å². The van der Waals surface area contributed by atoms with E-state index < -0.39 is 29.4 Å². The molecule has 2 atom stereocenters. The van der Waals surface area contributed by atoms with Gasteiger partial charge < -0.3 is 25.2 Å². The van der Waals surface area contributed by atoms with Crippen molar-refractivity contribution in [2.24, 2.45) is 5.41 Å². The van der Waals surface area contributed by atoms with E-state index in [0.717, 1.165) is 22.3 Å². The van der Waals surface area contributed by atoms with E-state index in [9.17, 15) is 19.5 Å². The van der Waals surface area contributed by atoms with Crippen LogP contribution in [0, 0.1) is 17.3 Å². The van der Waals surface area contributed by atoms with E-state index in [0.29, 0.717) is 0 Å². The summed E-state index contributed by atoms with van der Waals surface area (Å²) < 4.78 is 10.6. The summed E-state index contributed by atoms with van der Waals surface area (Å²) in [6.45, 7) is 1.74. The third-order valence-electron chi connectivity index (χ3n) is 6.12. The zero-order valence-electron chi connectivity index (χ0n) is 18.1. The first-order chi connectivity index (χ1) is 15.9. The maximum atomic E-state index is 12.1. The molecule has 1 aliphatic carbocycles. The van der Waals surface area contributed by atoms with Crippen LogP contribution in [0.1, 0.15) is 24.0 Å². The molecule has 2 aliphatic rings. The van der Waals surface area contributed by atoms with E-state index in [1.807, 2.05) is 36.4 Å². The van der Waals surface area contributed by atoms with Gasteiger partial charge in [-0.3, -0.25) is 9.59 Å². The minimum atomic E-state index is -1.20. The van der Waals surface area contributed by atoms with Crippen LogP contribution in [0.25, 0.3) is 11.1 Å². The Hall–Kier alpha value is -3.83. The molecule has 1 heterocycles. The molecule has 33 heavy (non-hydrogen) atoms. The maximum Gasteiger partial charge on any atom is 0.407 e. The minimum absolute atomic E-state index is 0.0179.